The summed E-state index contributed by atoms with van der Waals surface area (Å²) >= 11 is 0. The summed E-state index contributed by atoms with van der Waals surface area (Å²) in [4.78, 5) is 26.8. The van der Waals surface area contributed by atoms with E-state index >= 15 is 0 Å². The average Bonchev–Trinajstić information content (AvgIpc) is 2.78. The number of benzene rings is 1. The molecule has 186 valence electrons. The van der Waals surface area contributed by atoms with Gasteiger partial charge in [-0.3, -0.25) is 4.79 Å². The molecule has 0 unspecified atom stereocenters. The van der Waals surface area contributed by atoms with E-state index < -0.39 is 11.9 Å². The van der Waals surface area contributed by atoms with E-state index in [0.717, 1.165) is 5.70 Å². The fourth-order valence-corrected chi connectivity index (χ4v) is 4.72. The summed E-state index contributed by atoms with van der Waals surface area (Å²) in [5.41, 5.74) is 2.97. The summed E-state index contributed by atoms with van der Waals surface area (Å²) in [6.07, 6.45) is 1.08. The minimum Gasteiger partial charge on any atom is -0.493 e. The van der Waals surface area contributed by atoms with Gasteiger partial charge in [-0.1, -0.05) is 13.8 Å². The van der Waals surface area contributed by atoms with Crippen LogP contribution in [-0.4, -0.2) is 52.9 Å². The molecule has 0 radical (unpaired) electrons. The number of rotatable bonds is 9. The van der Waals surface area contributed by atoms with Crippen molar-refractivity contribution in [1.82, 2.24) is 5.32 Å². The molecule has 1 aliphatic heterocycles. The lowest BCUT2D eigenvalue weighted by molar-refractivity contribution is -0.140. The molecular formula is C26H35NO7. The number of ether oxygens (including phenoxy) is 5. The second kappa shape index (κ2) is 10.5. The van der Waals surface area contributed by atoms with E-state index in [4.69, 9.17) is 23.7 Å². The van der Waals surface area contributed by atoms with Crippen LogP contribution in [0.4, 0.5) is 0 Å². The van der Waals surface area contributed by atoms with Crippen molar-refractivity contribution in [1.29, 1.82) is 0 Å². The van der Waals surface area contributed by atoms with Gasteiger partial charge in [0.25, 0.3) is 0 Å². The van der Waals surface area contributed by atoms with Gasteiger partial charge in [-0.25, -0.2) is 4.79 Å². The molecule has 34 heavy (non-hydrogen) atoms. The van der Waals surface area contributed by atoms with Gasteiger partial charge in [0.1, 0.15) is 6.61 Å². The number of carbonyl (C=O) groups is 2. The highest BCUT2D eigenvalue weighted by Gasteiger charge is 2.43. The number of dihydropyridines is 1. The van der Waals surface area contributed by atoms with Gasteiger partial charge in [0.15, 0.2) is 17.3 Å². The van der Waals surface area contributed by atoms with Crippen LogP contribution in [0.15, 0.2) is 34.7 Å². The van der Waals surface area contributed by atoms with Gasteiger partial charge in [-0.15, -0.1) is 0 Å². The molecule has 1 aromatic rings. The van der Waals surface area contributed by atoms with Gasteiger partial charge in [-0.05, 0) is 43.4 Å². The Labute approximate surface area is 201 Å². The van der Waals surface area contributed by atoms with E-state index in [1.165, 1.54) is 21.3 Å². The van der Waals surface area contributed by atoms with Crippen molar-refractivity contribution in [2.45, 2.75) is 46.5 Å². The number of hydrogen-bond acceptors (Lipinski definition) is 8. The number of methoxy groups -OCH3 is 3. The molecule has 0 bridgehead atoms. The molecule has 2 aliphatic rings. The maximum Gasteiger partial charge on any atom is 0.336 e. The van der Waals surface area contributed by atoms with Crippen molar-refractivity contribution in [3.8, 4) is 17.2 Å². The summed E-state index contributed by atoms with van der Waals surface area (Å²) in [6, 6.07) is 3.57. The molecule has 0 aromatic heterocycles. The topological polar surface area (TPSA) is 92.3 Å². The van der Waals surface area contributed by atoms with Crippen LogP contribution in [0.2, 0.25) is 0 Å². The number of Topliss-reactive ketones (excluding diaryl/α,β-unsaturated/α-hetero) is 1. The Balaban J connectivity index is 2.16. The highest BCUT2D eigenvalue weighted by atomic mass is 16.6. The summed E-state index contributed by atoms with van der Waals surface area (Å²) in [5.74, 6) is 0.214. The molecule has 1 atom stereocenters. The predicted octanol–water partition coefficient (Wildman–Crippen LogP) is 3.90. The number of ketones is 1. The third kappa shape index (κ3) is 5.06. The van der Waals surface area contributed by atoms with Crippen LogP contribution in [0, 0.1) is 5.41 Å². The van der Waals surface area contributed by atoms with Gasteiger partial charge < -0.3 is 29.0 Å². The lowest BCUT2D eigenvalue weighted by Crippen LogP contribution is -2.38. The average molecular weight is 474 g/mol. The molecular weight excluding hydrogens is 438 g/mol. The first-order chi connectivity index (χ1) is 16.2. The largest absolute Gasteiger partial charge is 0.493 e. The van der Waals surface area contributed by atoms with Crippen LogP contribution in [0.5, 0.6) is 17.2 Å². The first-order valence-electron chi connectivity index (χ1n) is 11.5. The third-order valence-corrected chi connectivity index (χ3v) is 6.14. The van der Waals surface area contributed by atoms with Gasteiger partial charge in [0.05, 0.1) is 33.5 Å². The Kier molecular flexibility index (Phi) is 7.92. The molecule has 0 saturated carbocycles. The lowest BCUT2D eigenvalue weighted by atomic mass is 9.68. The van der Waals surface area contributed by atoms with Crippen molar-refractivity contribution in [3.05, 3.63) is 40.2 Å². The number of nitrogens with one attached hydrogen (secondary N) is 1. The molecule has 1 aliphatic carbocycles. The number of allylic oxidation sites excluding steroid dienone is 3. The minimum absolute atomic E-state index is 0.00428. The summed E-state index contributed by atoms with van der Waals surface area (Å²) in [5, 5.41) is 3.34. The van der Waals surface area contributed by atoms with Crippen molar-refractivity contribution in [3.63, 3.8) is 0 Å². The van der Waals surface area contributed by atoms with Crippen LogP contribution >= 0.6 is 0 Å². The zero-order valence-electron chi connectivity index (χ0n) is 21.1. The summed E-state index contributed by atoms with van der Waals surface area (Å²) < 4.78 is 27.4. The first-order valence-corrected chi connectivity index (χ1v) is 11.5. The molecule has 8 heteroatoms. The quantitative estimate of drug-likeness (QED) is 0.427. The van der Waals surface area contributed by atoms with Crippen molar-refractivity contribution < 1.29 is 33.3 Å². The predicted molar refractivity (Wildman–Crippen MR) is 127 cm³/mol. The molecule has 1 aromatic carbocycles. The normalized spacial score (nSPS) is 19.4. The molecule has 3 rings (SSSR count). The van der Waals surface area contributed by atoms with E-state index in [-0.39, 0.29) is 17.8 Å². The van der Waals surface area contributed by atoms with E-state index in [1.54, 1.807) is 12.1 Å². The van der Waals surface area contributed by atoms with Crippen LogP contribution in [0.1, 0.15) is 52.0 Å². The Bertz CT molecular complexity index is 997. The minimum atomic E-state index is -0.631. The molecule has 1 heterocycles. The third-order valence-electron chi connectivity index (χ3n) is 6.14. The molecule has 0 saturated heterocycles. The van der Waals surface area contributed by atoms with Crippen molar-refractivity contribution in [2.24, 2.45) is 5.41 Å². The molecule has 0 fully saturated rings. The summed E-state index contributed by atoms with van der Waals surface area (Å²) in [6.45, 7) is 8.82. The monoisotopic (exact) mass is 473 g/mol. The molecule has 1 N–H and O–H groups in total. The Morgan fingerprint density at radius 2 is 1.71 bits per heavy atom. The van der Waals surface area contributed by atoms with E-state index in [2.05, 4.69) is 19.2 Å². The summed E-state index contributed by atoms with van der Waals surface area (Å²) in [7, 11) is 4.60. The Morgan fingerprint density at radius 3 is 2.26 bits per heavy atom. The maximum atomic E-state index is 13.5. The maximum absolute atomic E-state index is 13.5. The van der Waals surface area contributed by atoms with E-state index in [1.807, 2.05) is 13.8 Å². The van der Waals surface area contributed by atoms with Gasteiger partial charge in [0.2, 0.25) is 5.75 Å². The highest BCUT2D eigenvalue weighted by molar-refractivity contribution is 6.04. The fourth-order valence-electron chi connectivity index (χ4n) is 4.72. The molecule has 0 amide bonds. The van der Waals surface area contributed by atoms with Crippen LogP contribution in [0.3, 0.4) is 0 Å². The second-order valence-corrected chi connectivity index (χ2v) is 9.22. The SMILES string of the molecule is CCOCCOC(=O)C1=C(C)NC2=C(C(=O)CC(C)(C)C2)[C@@H]1c1cc(OC)c(OC)c(OC)c1. The van der Waals surface area contributed by atoms with Gasteiger partial charge >= 0.3 is 5.97 Å². The lowest BCUT2D eigenvalue weighted by Gasteiger charge is -2.39. The Morgan fingerprint density at radius 1 is 1.06 bits per heavy atom. The van der Waals surface area contributed by atoms with E-state index in [9.17, 15) is 9.59 Å². The van der Waals surface area contributed by atoms with Crippen molar-refractivity contribution >= 4 is 11.8 Å². The highest BCUT2D eigenvalue weighted by Crippen LogP contribution is 2.49. The second-order valence-electron chi connectivity index (χ2n) is 9.22. The number of esters is 1. The smallest absolute Gasteiger partial charge is 0.336 e. The number of carbonyl (C=O) groups excluding carboxylic acids is 2. The van der Waals surface area contributed by atoms with Gasteiger partial charge in [-0.2, -0.15) is 0 Å². The zero-order chi connectivity index (χ0) is 25.0. The molecule has 8 nitrogen and oxygen atoms in total. The van der Waals surface area contributed by atoms with Crippen molar-refractivity contribution in [2.75, 3.05) is 41.2 Å². The fraction of sp³-hybridized carbons (Fsp3) is 0.538. The van der Waals surface area contributed by atoms with Gasteiger partial charge in [0, 0.05) is 35.9 Å². The van der Waals surface area contributed by atoms with Crippen LogP contribution in [-0.2, 0) is 19.1 Å². The molecule has 0 spiro atoms. The Hall–Kier alpha value is -3.00. The van der Waals surface area contributed by atoms with Crippen LogP contribution < -0.4 is 19.5 Å². The standard InChI is InChI=1S/C26H35NO7/c1-8-33-9-10-34-25(29)21-15(2)27-17-13-26(3,4)14-18(28)23(17)22(21)16-11-19(30-5)24(32-7)20(12-16)31-6/h11-12,22,27H,8-10,13-14H2,1-7H3/t22-/m1/s1. The van der Waals surface area contributed by atoms with Crippen LogP contribution in [0.25, 0.3) is 0 Å². The van der Waals surface area contributed by atoms with E-state index in [0.29, 0.717) is 65.7 Å². The zero-order valence-corrected chi connectivity index (χ0v) is 21.1. The first kappa shape index (κ1) is 25.6. The number of hydrogen-bond donors (Lipinski definition) is 1.